The molecule has 148 valence electrons. The van der Waals surface area contributed by atoms with Gasteiger partial charge >= 0.3 is 6.18 Å². The number of hydrogen-bond donors (Lipinski definition) is 0. The van der Waals surface area contributed by atoms with Crippen LogP contribution in [0.5, 0.6) is 5.75 Å². The number of alkyl halides is 3. The zero-order chi connectivity index (χ0) is 20.1. The molecular weight excluding hydrogens is 443 g/mol. The highest BCUT2D eigenvalue weighted by Crippen LogP contribution is 2.22. The van der Waals surface area contributed by atoms with Gasteiger partial charge in [-0.3, -0.25) is 4.79 Å². The van der Waals surface area contributed by atoms with Gasteiger partial charge in [0.25, 0.3) is 5.91 Å². The third-order valence-corrected chi connectivity index (χ3v) is 4.18. The summed E-state index contributed by atoms with van der Waals surface area (Å²) in [6, 6.07) is 12.9. The SMILES string of the molecule is O=C(c1ccc(COc2ccc(Br)cc2)o1)N(Cc1ccco1)CC(F)(F)F. The molecule has 0 aliphatic rings. The molecule has 0 fully saturated rings. The molecule has 0 aliphatic carbocycles. The number of nitrogens with zero attached hydrogens (tertiary/aromatic N) is 1. The molecule has 5 nitrogen and oxygen atoms in total. The van der Waals surface area contributed by atoms with E-state index in [1.54, 1.807) is 24.3 Å². The average Bonchev–Trinajstić information content (AvgIpc) is 3.31. The highest BCUT2D eigenvalue weighted by atomic mass is 79.9. The molecule has 0 N–H and O–H groups in total. The Hall–Kier alpha value is -2.68. The lowest BCUT2D eigenvalue weighted by Gasteiger charge is -2.22. The Bertz CT molecular complexity index is 904. The normalized spacial score (nSPS) is 11.4. The van der Waals surface area contributed by atoms with E-state index in [-0.39, 0.29) is 24.7 Å². The van der Waals surface area contributed by atoms with E-state index in [1.807, 2.05) is 0 Å². The van der Waals surface area contributed by atoms with Gasteiger partial charge in [-0.15, -0.1) is 0 Å². The summed E-state index contributed by atoms with van der Waals surface area (Å²) in [5, 5.41) is 0. The van der Waals surface area contributed by atoms with E-state index < -0.39 is 18.6 Å². The largest absolute Gasteiger partial charge is 0.486 e. The first-order chi connectivity index (χ1) is 13.3. The Labute approximate surface area is 166 Å². The van der Waals surface area contributed by atoms with Gasteiger partial charge in [0.05, 0.1) is 12.8 Å². The van der Waals surface area contributed by atoms with E-state index in [9.17, 15) is 18.0 Å². The van der Waals surface area contributed by atoms with Crippen LogP contribution in [-0.2, 0) is 13.2 Å². The smallest absolute Gasteiger partial charge is 0.406 e. The van der Waals surface area contributed by atoms with Crippen molar-refractivity contribution < 1.29 is 31.5 Å². The lowest BCUT2D eigenvalue weighted by atomic mass is 10.3. The van der Waals surface area contributed by atoms with E-state index in [0.29, 0.717) is 16.4 Å². The fourth-order valence-electron chi connectivity index (χ4n) is 2.42. The first kappa shape index (κ1) is 20.1. The second-order valence-electron chi connectivity index (χ2n) is 5.86. The highest BCUT2D eigenvalue weighted by molar-refractivity contribution is 9.10. The Morgan fingerprint density at radius 2 is 1.82 bits per heavy atom. The van der Waals surface area contributed by atoms with Gasteiger partial charge in [0.2, 0.25) is 0 Å². The fraction of sp³-hybridized carbons (Fsp3) is 0.211. The van der Waals surface area contributed by atoms with Gasteiger partial charge in [0, 0.05) is 4.47 Å². The van der Waals surface area contributed by atoms with E-state index in [0.717, 1.165) is 4.47 Å². The molecule has 0 atom stereocenters. The monoisotopic (exact) mass is 457 g/mol. The number of benzene rings is 1. The molecule has 0 bridgehead atoms. The maximum atomic E-state index is 12.9. The number of halogens is 4. The number of rotatable bonds is 7. The molecule has 28 heavy (non-hydrogen) atoms. The van der Waals surface area contributed by atoms with Gasteiger partial charge in [-0.05, 0) is 48.5 Å². The van der Waals surface area contributed by atoms with Crippen molar-refractivity contribution in [3.05, 3.63) is 76.5 Å². The third-order valence-electron chi connectivity index (χ3n) is 3.65. The lowest BCUT2D eigenvalue weighted by molar-refractivity contribution is -0.142. The summed E-state index contributed by atoms with van der Waals surface area (Å²) in [4.78, 5) is 13.1. The van der Waals surface area contributed by atoms with Crippen molar-refractivity contribution in [1.29, 1.82) is 0 Å². The number of hydrogen-bond acceptors (Lipinski definition) is 4. The third kappa shape index (κ3) is 5.66. The van der Waals surface area contributed by atoms with E-state index in [2.05, 4.69) is 15.9 Å². The van der Waals surface area contributed by atoms with Crippen molar-refractivity contribution in [2.75, 3.05) is 6.54 Å². The maximum absolute atomic E-state index is 12.9. The second-order valence-corrected chi connectivity index (χ2v) is 6.78. The van der Waals surface area contributed by atoms with Crippen LogP contribution in [0.25, 0.3) is 0 Å². The van der Waals surface area contributed by atoms with Crippen LogP contribution in [-0.4, -0.2) is 23.5 Å². The van der Waals surface area contributed by atoms with E-state index in [1.165, 1.54) is 30.5 Å². The average molecular weight is 458 g/mol. The van der Waals surface area contributed by atoms with Gasteiger partial charge < -0.3 is 18.5 Å². The molecule has 0 saturated carbocycles. The molecule has 0 aliphatic heterocycles. The summed E-state index contributed by atoms with van der Waals surface area (Å²) in [6.45, 7) is -1.71. The molecule has 0 radical (unpaired) electrons. The van der Waals surface area contributed by atoms with Crippen LogP contribution in [0.4, 0.5) is 13.2 Å². The zero-order valence-corrected chi connectivity index (χ0v) is 16.0. The number of carbonyl (C=O) groups excluding carboxylic acids is 1. The van der Waals surface area contributed by atoms with Crippen molar-refractivity contribution in [3.63, 3.8) is 0 Å². The first-order valence-corrected chi connectivity index (χ1v) is 8.95. The summed E-state index contributed by atoms with van der Waals surface area (Å²) in [5.41, 5.74) is 0. The van der Waals surface area contributed by atoms with Crippen LogP contribution >= 0.6 is 15.9 Å². The van der Waals surface area contributed by atoms with Crippen LogP contribution < -0.4 is 4.74 Å². The molecular formula is C19H15BrF3NO4. The van der Waals surface area contributed by atoms with Crippen molar-refractivity contribution in [2.24, 2.45) is 0 Å². The zero-order valence-electron chi connectivity index (χ0n) is 14.4. The van der Waals surface area contributed by atoms with Gasteiger partial charge in [0.1, 0.15) is 30.4 Å². The molecule has 1 amide bonds. The predicted octanol–water partition coefficient (Wildman–Crippen LogP) is 5.42. The van der Waals surface area contributed by atoms with Gasteiger partial charge in [-0.2, -0.15) is 13.2 Å². The number of amides is 1. The molecule has 2 aromatic heterocycles. The minimum Gasteiger partial charge on any atom is -0.486 e. The van der Waals surface area contributed by atoms with E-state index >= 15 is 0 Å². The minimum atomic E-state index is -4.55. The quantitative estimate of drug-likeness (QED) is 0.475. The molecule has 3 rings (SSSR count). The molecule has 0 saturated heterocycles. The Kier molecular flexibility index (Phi) is 6.13. The predicted molar refractivity (Wildman–Crippen MR) is 96.7 cm³/mol. The van der Waals surface area contributed by atoms with Crippen molar-refractivity contribution >= 4 is 21.8 Å². The Morgan fingerprint density at radius 3 is 2.46 bits per heavy atom. The summed E-state index contributed by atoms with van der Waals surface area (Å²) >= 11 is 3.31. The van der Waals surface area contributed by atoms with Crippen molar-refractivity contribution in [3.8, 4) is 5.75 Å². The number of carbonyl (C=O) groups is 1. The summed E-state index contributed by atoms with van der Waals surface area (Å²) in [5.74, 6) is 0.0528. The standard InChI is InChI=1S/C19H15BrF3NO4/c20-13-3-5-14(6-4-13)27-11-16-7-8-17(28-16)18(25)24(12-19(21,22)23)10-15-2-1-9-26-15/h1-9H,10-12H2. The van der Waals surface area contributed by atoms with Gasteiger partial charge in [-0.1, -0.05) is 15.9 Å². The van der Waals surface area contributed by atoms with Crippen LogP contribution in [0, 0.1) is 0 Å². The lowest BCUT2D eigenvalue weighted by Crippen LogP contribution is -2.38. The molecule has 1 aromatic carbocycles. The van der Waals surface area contributed by atoms with Gasteiger partial charge in [-0.25, -0.2) is 0 Å². The number of furan rings is 2. The Morgan fingerprint density at radius 1 is 1.07 bits per heavy atom. The Balaban J connectivity index is 1.67. The van der Waals surface area contributed by atoms with Crippen molar-refractivity contribution in [1.82, 2.24) is 4.90 Å². The van der Waals surface area contributed by atoms with Crippen LogP contribution in [0.3, 0.4) is 0 Å². The molecule has 0 unspecified atom stereocenters. The summed E-state index contributed by atoms with van der Waals surface area (Å²) < 4.78 is 55.5. The molecule has 3 aromatic rings. The molecule has 0 spiro atoms. The fourth-order valence-corrected chi connectivity index (χ4v) is 2.68. The maximum Gasteiger partial charge on any atom is 0.406 e. The number of ether oxygens (including phenoxy) is 1. The minimum absolute atomic E-state index is 0.0341. The van der Waals surface area contributed by atoms with Crippen LogP contribution in [0.2, 0.25) is 0 Å². The van der Waals surface area contributed by atoms with Crippen LogP contribution in [0.15, 0.2) is 68.1 Å². The summed E-state index contributed by atoms with van der Waals surface area (Å²) in [7, 11) is 0. The van der Waals surface area contributed by atoms with Crippen molar-refractivity contribution in [2.45, 2.75) is 19.3 Å². The second kappa shape index (κ2) is 8.55. The highest BCUT2D eigenvalue weighted by Gasteiger charge is 2.34. The first-order valence-electron chi connectivity index (χ1n) is 8.16. The van der Waals surface area contributed by atoms with E-state index in [4.69, 9.17) is 13.6 Å². The molecule has 9 heteroatoms. The van der Waals surface area contributed by atoms with Gasteiger partial charge in [0.15, 0.2) is 5.76 Å². The van der Waals surface area contributed by atoms with Crippen LogP contribution in [0.1, 0.15) is 22.1 Å². The topological polar surface area (TPSA) is 55.8 Å². The molecule has 2 heterocycles. The summed E-state index contributed by atoms with van der Waals surface area (Å²) in [6.07, 6.45) is -3.22.